The van der Waals surface area contributed by atoms with E-state index in [0.29, 0.717) is 36.2 Å². The number of hydrogen-bond donors (Lipinski definition) is 1. The Bertz CT molecular complexity index is 1060. The summed E-state index contributed by atoms with van der Waals surface area (Å²) >= 11 is 0. The van der Waals surface area contributed by atoms with Gasteiger partial charge in [-0.15, -0.1) is 0 Å². The molecule has 7 heteroatoms. The van der Waals surface area contributed by atoms with Crippen molar-refractivity contribution in [3.63, 3.8) is 0 Å². The number of nitrogens with one attached hydrogen (secondary N) is 1. The van der Waals surface area contributed by atoms with Crippen LogP contribution in [0.4, 0.5) is 5.69 Å². The Labute approximate surface area is 209 Å². The van der Waals surface area contributed by atoms with Gasteiger partial charge >= 0.3 is 0 Å². The van der Waals surface area contributed by atoms with Crippen molar-refractivity contribution in [3.05, 3.63) is 52.7 Å². The summed E-state index contributed by atoms with van der Waals surface area (Å²) in [7, 11) is 2.16. The smallest absolute Gasteiger partial charge is 0.234 e. The zero-order chi connectivity index (χ0) is 24.4. The summed E-state index contributed by atoms with van der Waals surface area (Å²) in [4.78, 5) is 12.2. The molecule has 1 aromatic heterocycles. The Balaban J connectivity index is 1.48. The van der Waals surface area contributed by atoms with Crippen molar-refractivity contribution < 1.29 is 4.74 Å². The van der Waals surface area contributed by atoms with E-state index < -0.39 is 0 Å². The average Bonchev–Trinajstić information content (AvgIpc) is 3.26. The molecule has 7 nitrogen and oxygen atoms in total. The molecule has 0 saturated carbocycles. The van der Waals surface area contributed by atoms with Crippen LogP contribution in [0.3, 0.4) is 0 Å². The van der Waals surface area contributed by atoms with Gasteiger partial charge in [-0.05, 0) is 52.3 Å². The standard InChI is InChI=1S/C28H38N6O/c1-20-15-34(16-21(2)30-20)27-24-11-13-33(17-22-8-5-4-6-9-22)18-26(24)31-28(25(27)14-29)35-19-23-10-7-12-32(23)3/h4-6,8-9,20-21,23,30H,7,10-13,15-19H2,1-3H3/t20-,21+,23-/m0/s1. The van der Waals surface area contributed by atoms with Crippen molar-refractivity contribution in [1.29, 1.82) is 5.26 Å². The van der Waals surface area contributed by atoms with Gasteiger partial charge in [0, 0.05) is 56.4 Å². The summed E-state index contributed by atoms with van der Waals surface area (Å²) in [6.45, 7) is 10.5. The molecule has 0 radical (unpaired) electrons. The number of ether oxygens (including phenoxy) is 1. The number of aromatic nitrogens is 1. The number of fused-ring (bicyclic) bond motifs is 1. The predicted octanol–water partition coefficient (Wildman–Crippen LogP) is 3.17. The lowest BCUT2D eigenvalue weighted by atomic mass is 9.97. The summed E-state index contributed by atoms with van der Waals surface area (Å²) < 4.78 is 6.35. The molecule has 186 valence electrons. The van der Waals surface area contributed by atoms with E-state index in [1.165, 1.54) is 17.5 Å². The van der Waals surface area contributed by atoms with Crippen molar-refractivity contribution in [2.75, 3.05) is 44.7 Å². The fourth-order valence-electron chi connectivity index (χ4n) is 5.99. The van der Waals surface area contributed by atoms with Gasteiger partial charge in [0.1, 0.15) is 18.2 Å². The van der Waals surface area contributed by atoms with E-state index in [9.17, 15) is 5.26 Å². The minimum absolute atomic E-state index is 0.365. The maximum atomic E-state index is 10.3. The monoisotopic (exact) mass is 474 g/mol. The van der Waals surface area contributed by atoms with Crippen LogP contribution in [0.5, 0.6) is 5.88 Å². The Morgan fingerprint density at radius 1 is 1.14 bits per heavy atom. The molecular formula is C28H38N6O. The Morgan fingerprint density at radius 3 is 2.60 bits per heavy atom. The summed E-state index contributed by atoms with van der Waals surface area (Å²) in [5.41, 5.74) is 5.29. The third-order valence-corrected chi connectivity index (χ3v) is 7.69. The second-order valence-electron chi connectivity index (χ2n) is 10.6. The highest BCUT2D eigenvalue weighted by molar-refractivity contribution is 5.69. The second kappa shape index (κ2) is 10.5. The molecule has 0 amide bonds. The lowest BCUT2D eigenvalue weighted by Crippen LogP contribution is -2.55. The molecule has 2 saturated heterocycles. The van der Waals surface area contributed by atoms with Crippen LogP contribution in [0.15, 0.2) is 30.3 Å². The van der Waals surface area contributed by atoms with Gasteiger partial charge in [-0.1, -0.05) is 30.3 Å². The van der Waals surface area contributed by atoms with Gasteiger partial charge < -0.3 is 19.9 Å². The third-order valence-electron chi connectivity index (χ3n) is 7.69. The van der Waals surface area contributed by atoms with Gasteiger partial charge in [-0.3, -0.25) is 4.90 Å². The minimum Gasteiger partial charge on any atom is -0.475 e. The summed E-state index contributed by atoms with van der Waals surface area (Å²) in [6.07, 6.45) is 3.23. The number of piperazine rings is 1. The summed E-state index contributed by atoms with van der Waals surface area (Å²) in [6, 6.07) is 14.2. The number of nitriles is 1. The van der Waals surface area contributed by atoms with E-state index >= 15 is 0 Å². The Hall–Kier alpha value is -2.66. The maximum absolute atomic E-state index is 10.3. The number of pyridine rings is 1. The van der Waals surface area contributed by atoms with Crippen molar-refractivity contribution >= 4 is 5.69 Å². The molecule has 0 aliphatic carbocycles. The number of anilines is 1. The topological polar surface area (TPSA) is 67.7 Å². The van der Waals surface area contributed by atoms with Crippen molar-refractivity contribution in [3.8, 4) is 11.9 Å². The second-order valence-corrected chi connectivity index (χ2v) is 10.6. The summed E-state index contributed by atoms with van der Waals surface area (Å²) in [5, 5.41) is 13.9. The van der Waals surface area contributed by atoms with Gasteiger partial charge in [0.25, 0.3) is 0 Å². The molecule has 1 N–H and O–H groups in total. The first kappa shape index (κ1) is 24.1. The first-order valence-corrected chi connectivity index (χ1v) is 13.1. The van der Waals surface area contributed by atoms with Crippen LogP contribution in [-0.2, 0) is 19.5 Å². The quantitative estimate of drug-likeness (QED) is 0.690. The van der Waals surface area contributed by atoms with E-state index in [4.69, 9.17) is 9.72 Å². The van der Waals surface area contributed by atoms with E-state index in [-0.39, 0.29) is 0 Å². The van der Waals surface area contributed by atoms with Crippen LogP contribution in [0.25, 0.3) is 0 Å². The van der Waals surface area contributed by atoms with Gasteiger partial charge in [0.15, 0.2) is 0 Å². The van der Waals surface area contributed by atoms with Gasteiger partial charge in [0.05, 0.1) is 11.4 Å². The molecule has 0 spiro atoms. The highest BCUT2D eigenvalue weighted by Gasteiger charge is 2.32. The van der Waals surface area contributed by atoms with Gasteiger partial charge in [0.2, 0.25) is 5.88 Å². The van der Waals surface area contributed by atoms with E-state index in [0.717, 1.165) is 63.5 Å². The van der Waals surface area contributed by atoms with Crippen LogP contribution in [0.2, 0.25) is 0 Å². The highest BCUT2D eigenvalue weighted by atomic mass is 16.5. The molecule has 2 aromatic rings. The fraction of sp³-hybridized carbons (Fsp3) is 0.571. The third kappa shape index (κ3) is 5.30. The molecule has 3 aliphatic heterocycles. The van der Waals surface area contributed by atoms with Crippen LogP contribution < -0.4 is 15.0 Å². The van der Waals surface area contributed by atoms with Crippen molar-refractivity contribution in [1.82, 2.24) is 20.1 Å². The van der Waals surface area contributed by atoms with Gasteiger partial charge in [-0.2, -0.15) is 5.26 Å². The lowest BCUT2D eigenvalue weighted by molar-refractivity contribution is 0.190. The van der Waals surface area contributed by atoms with E-state index in [2.05, 4.69) is 77.3 Å². The zero-order valence-electron chi connectivity index (χ0n) is 21.3. The normalized spacial score (nSPS) is 25.3. The number of nitrogens with zero attached hydrogens (tertiary/aromatic N) is 5. The van der Waals surface area contributed by atoms with Crippen LogP contribution >= 0.6 is 0 Å². The van der Waals surface area contributed by atoms with E-state index in [1.807, 2.05) is 0 Å². The molecule has 5 rings (SSSR count). The average molecular weight is 475 g/mol. The first-order valence-electron chi connectivity index (χ1n) is 13.1. The Morgan fingerprint density at radius 2 is 1.91 bits per heavy atom. The minimum atomic E-state index is 0.365. The maximum Gasteiger partial charge on any atom is 0.234 e. The fourth-order valence-corrected chi connectivity index (χ4v) is 5.99. The number of likely N-dealkylation sites (N-methyl/N-ethyl adjacent to an activating group) is 1. The molecule has 1 aromatic carbocycles. The van der Waals surface area contributed by atoms with Crippen molar-refractivity contribution in [2.45, 2.75) is 64.3 Å². The molecule has 4 heterocycles. The van der Waals surface area contributed by atoms with Gasteiger partial charge in [-0.25, -0.2) is 4.98 Å². The molecule has 0 bridgehead atoms. The van der Waals surface area contributed by atoms with Crippen LogP contribution in [0, 0.1) is 11.3 Å². The van der Waals surface area contributed by atoms with Crippen LogP contribution in [0.1, 0.15) is 49.1 Å². The number of likely N-dealkylation sites (tertiary alicyclic amines) is 1. The SMILES string of the molecule is C[C@@H]1CN(c2c(C#N)c(OC[C@@H]3CCCN3C)nc3c2CCN(Cc2ccccc2)C3)C[C@H](C)N1. The van der Waals surface area contributed by atoms with E-state index in [1.54, 1.807) is 0 Å². The number of benzene rings is 1. The highest BCUT2D eigenvalue weighted by Crippen LogP contribution is 2.37. The predicted molar refractivity (Wildman–Crippen MR) is 139 cm³/mol. The molecule has 3 aliphatic rings. The zero-order valence-corrected chi connectivity index (χ0v) is 21.3. The van der Waals surface area contributed by atoms with Crippen LogP contribution in [-0.4, -0.2) is 72.7 Å². The van der Waals surface area contributed by atoms with Crippen molar-refractivity contribution in [2.24, 2.45) is 0 Å². The largest absolute Gasteiger partial charge is 0.475 e. The Kier molecular flexibility index (Phi) is 7.24. The number of rotatable bonds is 6. The molecular weight excluding hydrogens is 436 g/mol. The molecule has 2 fully saturated rings. The molecule has 3 atom stereocenters. The lowest BCUT2D eigenvalue weighted by Gasteiger charge is -2.40. The summed E-state index contributed by atoms with van der Waals surface area (Å²) in [5.74, 6) is 0.516. The first-order chi connectivity index (χ1) is 17.0. The molecule has 35 heavy (non-hydrogen) atoms. The molecule has 0 unspecified atom stereocenters. The number of hydrogen-bond acceptors (Lipinski definition) is 7.